The van der Waals surface area contributed by atoms with Crippen molar-refractivity contribution in [3.05, 3.63) is 24.3 Å². The van der Waals surface area contributed by atoms with Gasteiger partial charge in [0.2, 0.25) is 0 Å². The molecular weight excluding hydrogens is 322 g/mol. The van der Waals surface area contributed by atoms with Crippen molar-refractivity contribution in [3.8, 4) is 5.75 Å². The number of thiol groups is 1. The van der Waals surface area contributed by atoms with Crippen molar-refractivity contribution in [1.29, 1.82) is 0 Å². The smallest absolute Gasteiger partial charge is 0.260 e. The summed E-state index contributed by atoms with van der Waals surface area (Å²) in [5.41, 5.74) is 5.03. The molecular formula is C18H25N3O2S. The van der Waals surface area contributed by atoms with Crippen LogP contribution >= 0.6 is 12.6 Å². The Morgan fingerprint density at radius 2 is 2.04 bits per heavy atom. The molecule has 0 spiro atoms. The van der Waals surface area contributed by atoms with Crippen LogP contribution in [-0.4, -0.2) is 36.0 Å². The number of hydrogen-bond donors (Lipinski definition) is 2. The molecule has 1 aliphatic heterocycles. The molecule has 2 N–H and O–H groups in total. The largest absolute Gasteiger partial charge is 0.489 e. The molecule has 2 aliphatic rings. The molecule has 130 valence electrons. The summed E-state index contributed by atoms with van der Waals surface area (Å²) >= 11 is 4.41. The van der Waals surface area contributed by atoms with Gasteiger partial charge < -0.3 is 10.5 Å². The topological polar surface area (TPSA) is 67.9 Å². The predicted octanol–water partition coefficient (Wildman–Crippen LogP) is 2.85. The van der Waals surface area contributed by atoms with Gasteiger partial charge in [-0.1, -0.05) is 44.2 Å². The van der Waals surface area contributed by atoms with Gasteiger partial charge in [-0.05, 0) is 24.5 Å². The number of amides is 1. The van der Waals surface area contributed by atoms with Crippen LogP contribution in [0.5, 0.6) is 5.75 Å². The monoisotopic (exact) mass is 347 g/mol. The van der Waals surface area contributed by atoms with E-state index < -0.39 is 5.54 Å². The van der Waals surface area contributed by atoms with E-state index in [2.05, 4.69) is 17.6 Å². The van der Waals surface area contributed by atoms with Crippen LogP contribution in [0.1, 0.15) is 38.5 Å². The molecule has 1 saturated carbocycles. The normalized spacial score (nSPS) is 25.0. The number of likely N-dealkylation sites (N-methyl/N-ethyl adjacent to an activating group) is 1. The number of hydrogen-bond acceptors (Lipinski definition) is 5. The Hall–Kier alpha value is -1.69. The molecule has 5 nitrogen and oxygen atoms in total. The van der Waals surface area contributed by atoms with E-state index in [-0.39, 0.29) is 18.5 Å². The first-order valence-electron chi connectivity index (χ1n) is 8.56. The SMILES string of the molecule is CN1C(=O)C(COc2ccccc2S)(CC2CCCCC2)N=C1N. The van der Waals surface area contributed by atoms with Gasteiger partial charge in [0, 0.05) is 11.9 Å². The van der Waals surface area contributed by atoms with Crippen LogP contribution in [0.4, 0.5) is 0 Å². The summed E-state index contributed by atoms with van der Waals surface area (Å²) in [6.07, 6.45) is 6.74. The molecule has 1 aliphatic carbocycles. The van der Waals surface area contributed by atoms with Crippen molar-refractivity contribution in [2.45, 2.75) is 49.0 Å². The highest BCUT2D eigenvalue weighted by Gasteiger charge is 2.48. The minimum Gasteiger partial charge on any atom is -0.489 e. The number of nitrogens with two attached hydrogens (primary N) is 1. The van der Waals surface area contributed by atoms with E-state index in [4.69, 9.17) is 10.5 Å². The maximum atomic E-state index is 12.8. The fourth-order valence-corrected chi connectivity index (χ4v) is 3.91. The Morgan fingerprint density at radius 1 is 1.33 bits per heavy atom. The second-order valence-corrected chi connectivity index (χ2v) is 7.31. The molecule has 0 bridgehead atoms. The Bertz CT molecular complexity index is 643. The van der Waals surface area contributed by atoms with E-state index in [1.807, 2.05) is 24.3 Å². The van der Waals surface area contributed by atoms with Gasteiger partial charge in [-0.15, -0.1) is 12.6 Å². The standard InChI is InChI=1S/C18H25N3O2S/c1-21-16(22)18(20-17(21)19,11-13-7-3-2-4-8-13)12-23-14-9-5-6-10-15(14)24/h5-6,9-10,13,24H,2-4,7-8,11-12H2,1H3,(H2,19,20). The first kappa shape index (κ1) is 17.1. The lowest BCUT2D eigenvalue weighted by Crippen LogP contribution is -2.47. The van der Waals surface area contributed by atoms with E-state index in [0.29, 0.717) is 18.1 Å². The van der Waals surface area contributed by atoms with Crippen molar-refractivity contribution in [2.75, 3.05) is 13.7 Å². The number of carbonyl (C=O) groups is 1. The lowest BCUT2D eigenvalue weighted by atomic mass is 9.79. The number of ether oxygens (including phenoxy) is 1. The molecule has 0 saturated heterocycles. The van der Waals surface area contributed by atoms with Crippen LogP contribution < -0.4 is 10.5 Å². The third-order valence-electron chi connectivity index (χ3n) is 5.06. The Labute approximate surface area is 148 Å². The Balaban J connectivity index is 1.80. The van der Waals surface area contributed by atoms with Crippen LogP contribution in [0.2, 0.25) is 0 Å². The van der Waals surface area contributed by atoms with Crippen molar-refractivity contribution in [3.63, 3.8) is 0 Å². The fourth-order valence-electron chi connectivity index (χ4n) is 3.69. The molecule has 1 fully saturated rings. The number of guanidine groups is 1. The first-order chi connectivity index (χ1) is 11.5. The zero-order valence-electron chi connectivity index (χ0n) is 14.1. The number of carbonyl (C=O) groups excluding carboxylic acids is 1. The zero-order chi connectivity index (χ0) is 17.2. The molecule has 1 unspecified atom stereocenters. The van der Waals surface area contributed by atoms with E-state index in [1.54, 1.807) is 7.05 Å². The lowest BCUT2D eigenvalue weighted by molar-refractivity contribution is -0.132. The molecule has 0 aromatic heterocycles. The summed E-state index contributed by atoms with van der Waals surface area (Å²) in [6.45, 7) is 0.199. The summed E-state index contributed by atoms with van der Waals surface area (Å²) < 4.78 is 5.95. The quantitative estimate of drug-likeness (QED) is 0.805. The average molecular weight is 347 g/mol. The third-order valence-corrected chi connectivity index (χ3v) is 5.43. The van der Waals surface area contributed by atoms with Crippen LogP contribution in [0, 0.1) is 5.92 Å². The van der Waals surface area contributed by atoms with E-state index in [1.165, 1.54) is 24.2 Å². The highest BCUT2D eigenvalue weighted by Crippen LogP contribution is 2.36. The number of benzene rings is 1. The van der Waals surface area contributed by atoms with Crippen LogP contribution in [0.15, 0.2) is 34.2 Å². The Morgan fingerprint density at radius 3 is 2.67 bits per heavy atom. The minimum absolute atomic E-state index is 0.0674. The summed E-state index contributed by atoms with van der Waals surface area (Å²) in [4.78, 5) is 19.6. The molecule has 1 aromatic rings. The van der Waals surface area contributed by atoms with E-state index in [9.17, 15) is 4.79 Å². The third kappa shape index (κ3) is 3.38. The van der Waals surface area contributed by atoms with Crippen molar-refractivity contribution in [2.24, 2.45) is 16.6 Å². The molecule has 1 atom stereocenters. The van der Waals surface area contributed by atoms with E-state index >= 15 is 0 Å². The van der Waals surface area contributed by atoms with Gasteiger partial charge in [-0.3, -0.25) is 9.69 Å². The molecule has 1 amide bonds. The van der Waals surface area contributed by atoms with Crippen LogP contribution in [0.3, 0.4) is 0 Å². The lowest BCUT2D eigenvalue weighted by Gasteiger charge is -2.31. The van der Waals surface area contributed by atoms with Crippen molar-refractivity contribution < 1.29 is 9.53 Å². The van der Waals surface area contributed by atoms with Gasteiger partial charge in [-0.25, -0.2) is 4.99 Å². The van der Waals surface area contributed by atoms with Gasteiger partial charge in [0.05, 0.1) is 0 Å². The average Bonchev–Trinajstić information content (AvgIpc) is 2.79. The maximum absolute atomic E-state index is 12.8. The number of para-hydroxylation sites is 1. The number of nitrogens with zero attached hydrogens (tertiary/aromatic N) is 2. The maximum Gasteiger partial charge on any atom is 0.260 e. The minimum atomic E-state index is -0.906. The molecule has 0 radical (unpaired) electrons. The number of aliphatic imine (C=N–C) groups is 1. The summed E-state index contributed by atoms with van der Waals surface area (Å²) in [6, 6.07) is 7.51. The molecule has 24 heavy (non-hydrogen) atoms. The van der Waals surface area contributed by atoms with Gasteiger partial charge in [0.1, 0.15) is 12.4 Å². The van der Waals surface area contributed by atoms with Gasteiger partial charge in [0.15, 0.2) is 11.5 Å². The van der Waals surface area contributed by atoms with Gasteiger partial charge in [-0.2, -0.15) is 0 Å². The van der Waals surface area contributed by atoms with Crippen molar-refractivity contribution >= 4 is 24.5 Å². The zero-order valence-corrected chi connectivity index (χ0v) is 15.0. The highest BCUT2D eigenvalue weighted by molar-refractivity contribution is 7.80. The highest BCUT2D eigenvalue weighted by atomic mass is 32.1. The van der Waals surface area contributed by atoms with Gasteiger partial charge in [0.25, 0.3) is 5.91 Å². The fraction of sp³-hybridized carbons (Fsp3) is 0.556. The summed E-state index contributed by atoms with van der Waals surface area (Å²) in [5.74, 6) is 1.38. The second-order valence-electron chi connectivity index (χ2n) is 6.83. The summed E-state index contributed by atoms with van der Waals surface area (Å²) in [7, 11) is 1.68. The number of rotatable bonds is 5. The predicted molar refractivity (Wildman–Crippen MR) is 97.5 cm³/mol. The Kier molecular flexibility index (Phi) is 5.04. The van der Waals surface area contributed by atoms with E-state index in [0.717, 1.165) is 17.7 Å². The molecule has 6 heteroatoms. The molecule has 1 aromatic carbocycles. The van der Waals surface area contributed by atoms with Gasteiger partial charge >= 0.3 is 0 Å². The first-order valence-corrected chi connectivity index (χ1v) is 9.01. The summed E-state index contributed by atoms with van der Waals surface area (Å²) in [5, 5.41) is 0. The van der Waals surface area contributed by atoms with Crippen LogP contribution in [-0.2, 0) is 4.79 Å². The van der Waals surface area contributed by atoms with Crippen LogP contribution in [0.25, 0.3) is 0 Å². The second kappa shape index (κ2) is 7.05. The van der Waals surface area contributed by atoms with Crippen molar-refractivity contribution in [1.82, 2.24) is 4.90 Å². The molecule has 3 rings (SSSR count). The molecule has 1 heterocycles.